The Labute approximate surface area is 191 Å². The molecule has 0 aliphatic carbocycles. The quantitative estimate of drug-likeness (QED) is 0.484. The molecule has 0 spiro atoms. The number of rotatable bonds is 6. The minimum Gasteiger partial charge on any atom is -0.459 e. The summed E-state index contributed by atoms with van der Waals surface area (Å²) in [4.78, 5) is 25.1. The molecule has 3 rings (SSSR count). The lowest BCUT2D eigenvalue weighted by atomic mass is 10.1. The maximum Gasteiger partial charge on any atom is 0.291 e. The second-order valence-electron chi connectivity index (χ2n) is 7.96. The van der Waals surface area contributed by atoms with Crippen molar-refractivity contribution in [2.45, 2.75) is 31.2 Å². The van der Waals surface area contributed by atoms with Gasteiger partial charge in [-0.3, -0.25) is 9.59 Å². The van der Waals surface area contributed by atoms with Crippen LogP contribution in [0, 0.1) is 0 Å². The summed E-state index contributed by atoms with van der Waals surface area (Å²) in [6.07, 6.45) is 1.37. The molecule has 8 nitrogen and oxygen atoms in total. The molecule has 1 heterocycles. The Morgan fingerprint density at radius 1 is 0.906 bits per heavy atom. The smallest absolute Gasteiger partial charge is 0.291 e. The highest BCUT2D eigenvalue weighted by Gasteiger charge is 2.22. The van der Waals surface area contributed by atoms with E-state index < -0.39 is 27.4 Å². The Balaban J connectivity index is 1.78. The summed E-state index contributed by atoms with van der Waals surface area (Å²) in [5.74, 6) is -0.898. The van der Waals surface area contributed by atoms with Crippen LogP contribution in [-0.2, 0) is 10.0 Å². The van der Waals surface area contributed by atoms with Crippen molar-refractivity contribution in [2.75, 3.05) is 10.6 Å². The lowest BCUT2D eigenvalue weighted by Gasteiger charge is -2.20. The van der Waals surface area contributed by atoms with Gasteiger partial charge in [0.1, 0.15) is 0 Å². The Morgan fingerprint density at radius 3 is 2.16 bits per heavy atom. The number of amides is 2. The van der Waals surface area contributed by atoms with Crippen molar-refractivity contribution in [2.24, 2.45) is 0 Å². The number of furan rings is 1. The summed E-state index contributed by atoms with van der Waals surface area (Å²) in [6.45, 7) is 5.21. The van der Waals surface area contributed by atoms with E-state index in [-0.39, 0.29) is 21.9 Å². The van der Waals surface area contributed by atoms with Gasteiger partial charge in [0.25, 0.3) is 11.8 Å². The first-order valence-corrected chi connectivity index (χ1v) is 11.4. The zero-order valence-electron chi connectivity index (χ0n) is 17.6. The van der Waals surface area contributed by atoms with Gasteiger partial charge in [0, 0.05) is 16.1 Å². The van der Waals surface area contributed by atoms with Gasteiger partial charge < -0.3 is 15.1 Å². The van der Waals surface area contributed by atoms with Gasteiger partial charge >= 0.3 is 0 Å². The first-order valence-electron chi connectivity index (χ1n) is 9.54. The molecule has 1 aromatic heterocycles. The predicted molar refractivity (Wildman–Crippen MR) is 123 cm³/mol. The third-order valence-electron chi connectivity index (χ3n) is 4.09. The van der Waals surface area contributed by atoms with Crippen LogP contribution in [0.1, 0.15) is 41.7 Å². The Hall–Kier alpha value is -3.14. The van der Waals surface area contributed by atoms with Gasteiger partial charge in [-0.25, -0.2) is 13.1 Å². The molecule has 0 unspecified atom stereocenters. The van der Waals surface area contributed by atoms with Crippen LogP contribution in [0.2, 0.25) is 5.02 Å². The highest BCUT2D eigenvalue weighted by molar-refractivity contribution is 7.89. The van der Waals surface area contributed by atoms with Gasteiger partial charge in [0.2, 0.25) is 10.0 Å². The summed E-state index contributed by atoms with van der Waals surface area (Å²) in [5, 5.41) is 5.69. The third kappa shape index (κ3) is 5.97. The van der Waals surface area contributed by atoms with E-state index in [1.54, 1.807) is 39.0 Å². The fraction of sp³-hybridized carbons (Fsp3) is 0.182. The topological polar surface area (TPSA) is 118 Å². The molecule has 2 amide bonds. The van der Waals surface area contributed by atoms with E-state index >= 15 is 0 Å². The number of sulfonamides is 1. The van der Waals surface area contributed by atoms with Crippen molar-refractivity contribution >= 4 is 44.8 Å². The number of halogens is 1. The highest BCUT2D eigenvalue weighted by Crippen LogP contribution is 2.27. The molecule has 0 radical (unpaired) electrons. The van der Waals surface area contributed by atoms with Crippen LogP contribution < -0.4 is 15.4 Å². The van der Waals surface area contributed by atoms with E-state index in [0.717, 1.165) is 0 Å². The summed E-state index contributed by atoms with van der Waals surface area (Å²) in [7, 11) is -3.72. The number of carbonyl (C=O) groups is 2. The van der Waals surface area contributed by atoms with Crippen LogP contribution >= 0.6 is 11.6 Å². The predicted octanol–water partition coefficient (Wildman–Crippen LogP) is 4.51. The number of hydrogen-bond donors (Lipinski definition) is 3. The van der Waals surface area contributed by atoms with Crippen molar-refractivity contribution in [3.8, 4) is 0 Å². The van der Waals surface area contributed by atoms with E-state index in [1.807, 2.05) is 0 Å². The number of anilines is 2. The Morgan fingerprint density at radius 2 is 1.56 bits per heavy atom. The van der Waals surface area contributed by atoms with Gasteiger partial charge in [-0.1, -0.05) is 11.6 Å². The van der Waals surface area contributed by atoms with Crippen LogP contribution in [0.5, 0.6) is 0 Å². The first-order chi connectivity index (χ1) is 14.9. The Bertz CT molecular complexity index is 1230. The molecular formula is C22H22ClN3O5S. The van der Waals surface area contributed by atoms with E-state index in [4.69, 9.17) is 16.0 Å². The zero-order chi connectivity index (χ0) is 23.5. The van der Waals surface area contributed by atoms with Gasteiger partial charge in [-0.2, -0.15) is 0 Å². The maximum absolute atomic E-state index is 12.7. The fourth-order valence-electron chi connectivity index (χ4n) is 2.76. The minimum atomic E-state index is -3.72. The maximum atomic E-state index is 12.7. The normalized spacial score (nSPS) is 11.8. The molecule has 0 aliphatic heterocycles. The molecule has 0 fully saturated rings. The molecule has 2 aromatic carbocycles. The standard InChI is InChI=1S/C22H22ClN3O5S/c1-22(2,3)26-32(29,30)16-9-6-14(7-10-16)20(27)24-17-11-8-15(23)13-18(17)25-21(28)19-5-4-12-31-19/h4-13,26H,1-3H3,(H,24,27)(H,25,28). The van der Waals surface area contributed by atoms with Crippen LogP contribution in [-0.4, -0.2) is 25.8 Å². The number of carbonyl (C=O) groups excluding carboxylic acids is 2. The van der Waals surface area contributed by atoms with Crippen molar-refractivity contribution < 1.29 is 22.4 Å². The lowest BCUT2D eigenvalue weighted by molar-refractivity contribution is 0.0993. The van der Waals surface area contributed by atoms with Crippen molar-refractivity contribution in [3.63, 3.8) is 0 Å². The molecule has 10 heteroatoms. The summed E-state index contributed by atoms with van der Waals surface area (Å²) in [5.41, 5.74) is 0.184. The van der Waals surface area contributed by atoms with E-state index in [2.05, 4.69) is 15.4 Å². The minimum absolute atomic E-state index is 0.0434. The van der Waals surface area contributed by atoms with E-state index in [9.17, 15) is 18.0 Å². The van der Waals surface area contributed by atoms with Gasteiger partial charge in [-0.15, -0.1) is 0 Å². The largest absolute Gasteiger partial charge is 0.459 e. The number of hydrogen-bond acceptors (Lipinski definition) is 5. The van der Waals surface area contributed by atoms with Crippen LogP contribution in [0.25, 0.3) is 0 Å². The van der Waals surface area contributed by atoms with Crippen LogP contribution in [0.4, 0.5) is 11.4 Å². The zero-order valence-corrected chi connectivity index (χ0v) is 19.2. The monoisotopic (exact) mass is 475 g/mol. The SMILES string of the molecule is CC(C)(C)NS(=O)(=O)c1ccc(C(=O)Nc2ccc(Cl)cc2NC(=O)c2ccco2)cc1. The third-order valence-corrected chi connectivity index (χ3v) is 6.10. The summed E-state index contributed by atoms with van der Waals surface area (Å²) in [6, 6.07) is 13.2. The molecule has 0 aliphatic rings. The molecule has 0 atom stereocenters. The van der Waals surface area contributed by atoms with Crippen LogP contribution in [0.3, 0.4) is 0 Å². The molecule has 0 saturated carbocycles. The fourth-order valence-corrected chi connectivity index (χ4v) is 4.35. The van der Waals surface area contributed by atoms with Gasteiger partial charge in [0.05, 0.1) is 22.5 Å². The second-order valence-corrected chi connectivity index (χ2v) is 10.1. The van der Waals surface area contributed by atoms with Gasteiger partial charge in [-0.05, 0) is 75.4 Å². The molecular weight excluding hydrogens is 454 g/mol. The number of benzene rings is 2. The van der Waals surface area contributed by atoms with Crippen molar-refractivity contribution in [3.05, 3.63) is 77.2 Å². The molecule has 168 valence electrons. The van der Waals surface area contributed by atoms with Crippen LogP contribution in [0.15, 0.2) is 70.2 Å². The number of nitrogens with one attached hydrogen (secondary N) is 3. The average molecular weight is 476 g/mol. The molecule has 3 aromatic rings. The Kier molecular flexibility index (Phi) is 6.73. The highest BCUT2D eigenvalue weighted by atomic mass is 35.5. The van der Waals surface area contributed by atoms with E-state index in [1.165, 1.54) is 42.7 Å². The molecule has 32 heavy (non-hydrogen) atoms. The first kappa shape index (κ1) is 23.5. The molecule has 3 N–H and O–H groups in total. The summed E-state index contributed by atoms with van der Waals surface area (Å²) >= 11 is 6.03. The molecule has 0 saturated heterocycles. The molecule has 0 bridgehead atoms. The van der Waals surface area contributed by atoms with E-state index in [0.29, 0.717) is 10.7 Å². The van der Waals surface area contributed by atoms with Crippen molar-refractivity contribution in [1.29, 1.82) is 0 Å². The lowest BCUT2D eigenvalue weighted by Crippen LogP contribution is -2.40. The van der Waals surface area contributed by atoms with Crippen molar-refractivity contribution in [1.82, 2.24) is 4.72 Å². The second kappa shape index (κ2) is 9.15. The average Bonchev–Trinajstić information content (AvgIpc) is 3.23. The summed E-state index contributed by atoms with van der Waals surface area (Å²) < 4.78 is 32.5. The van der Waals surface area contributed by atoms with Gasteiger partial charge in [0.15, 0.2) is 5.76 Å².